The number of rotatable bonds is 7. The number of para-hydroxylation sites is 1. The van der Waals surface area contributed by atoms with Gasteiger partial charge in [-0.25, -0.2) is 4.98 Å². The summed E-state index contributed by atoms with van der Waals surface area (Å²) in [4.78, 5) is 6.99. The number of nitrogens with zero attached hydrogens (tertiary/aromatic N) is 2. The van der Waals surface area contributed by atoms with Crippen molar-refractivity contribution in [2.75, 3.05) is 21.3 Å². The minimum Gasteiger partial charge on any atom is -0.493 e. The van der Waals surface area contributed by atoms with Crippen LogP contribution in [0.25, 0.3) is 10.6 Å². The van der Waals surface area contributed by atoms with Crippen LogP contribution in [0.1, 0.15) is 11.3 Å². The molecule has 0 aliphatic heterocycles. The first-order valence-electron chi connectivity index (χ1n) is 8.19. The fourth-order valence-corrected chi connectivity index (χ4v) is 3.88. The Kier molecular flexibility index (Phi) is 6.14. The van der Waals surface area contributed by atoms with Gasteiger partial charge in [0.25, 0.3) is 0 Å². The molecule has 0 N–H and O–H groups in total. The molecule has 0 amide bonds. The normalized spacial score (nSPS) is 11.0. The molecule has 136 valence electrons. The van der Waals surface area contributed by atoms with Gasteiger partial charge in [0.1, 0.15) is 5.01 Å². The summed E-state index contributed by atoms with van der Waals surface area (Å²) in [6.07, 6.45) is 0. The zero-order valence-corrected chi connectivity index (χ0v) is 16.6. The lowest BCUT2D eigenvalue weighted by atomic mass is 10.2. The van der Waals surface area contributed by atoms with Gasteiger partial charge >= 0.3 is 0 Å². The van der Waals surface area contributed by atoms with E-state index >= 15 is 0 Å². The van der Waals surface area contributed by atoms with Crippen molar-refractivity contribution in [3.05, 3.63) is 64.1 Å². The third kappa shape index (κ3) is 4.36. The highest BCUT2D eigenvalue weighted by Gasteiger charge is 2.15. The SMILES string of the molecule is COc1cccc(-c2nc(CN(C)Cc3cccc(Cl)c3)cs2)c1OC. The summed E-state index contributed by atoms with van der Waals surface area (Å²) >= 11 is 7.67. The van der Waals surface area contributed by atoms with Gasteiger partial charge in [-0.05, 0) is 36.9 Å². The van der Waals surface area contributed by atoms with Gasteiger partial charge in [-0.15, -0.1) is 11.3 Å². The lowest BCUT2D eigenvalue weighted by Gasteiger charge is -2.15. The largest absolute Gasteiger partial charge is 0.493 e. The number of aromatic nitrogens is 1. The van der Waals surface area contributed by atoms with Crippen molar-refractivity contribution in [2.24, 2.45) is 0 Å². The van der Waals surface area contributed by atoms with Crippen molar-refractivity contribution in [3.63, 3.8) is 0 Å². The summed E-state index contributed by atoms with van der Waals surface area (Å²) in [6, 6.07) is 13.8. The average Bonchev–Trinajstić information content (AvgIpc) is 3.09. The van der Waals surface area contributed by atoms with E-state index in [-0.39, 0.29) is 0 Å². The van der Waals surface area contributed by atoms with Crippen molar-refractivity contribution in [3.8, 4) is 22.1 Å². The Balaban J connectivity index is 1.74. The smallest absolute Gasteiger partial charge is 0.170 e. The van der Waals surface area contributed by atoms with Gasteiger partial charge in [0.05, 0.1) is 25.5 Å². The summed E-state index contributed by atoms with van der Waals surface area (Å²) in [5, 5.41) is 3.77. The Morgan fingerprint density at radius 3 is 2.62 bits per heavy atom. The standard InChI is InChI=1S/C20H21ClN2O2S/c1-23(11-14-6-4-7-15(21)10-14)12-16-13-26-20(22-16)17-8-5-9-18(24-2)19(17)25-3/h4-10,13H,11-12H2,1-3H3. The van der Waals surface area contributed by atoms with E-state index in [4.69, 9.17) is 26.1 Å². The quantitative estimate of drug-likeness (QED) is 0.563. The average molecular weight is 389 g/mol. The molecule has 0 atom stereocenters. The Bertz CT molecular complexity index is 882. The minimum absolute atomic E-state index is 0.708. The van der Waals surface area contributed by atoms with Crippen molar-refractivity contribution < 1.29 is 9.47 Å². The molecule has 0 aliphatic carbocycles. The first kappa shape index (κ1) is 18.7. The van der Waals surface area contributed by atoms with E-state index in [1.165, 1.54) is 5.56 Å². The predicted molar refractivity (Wildman–Crippen MR) is 107 cm³/mol. The summed E-state index contributed by atoms with van der Waals surface area (Å²) in [5.74, 6) is 1.42. The highest BCUT2D eigenvalue weighted by atomic mass is 35.5. The zero-order chi connectivity index (χ0) is 18.5. The molecule has 0 saturated carbocycles. The maximum Gasteiger partial charge on any atom is 0.170 e. The summed E-state index contributed by atoms with van der Waals surface area (Å²) in [7, 11) is 5.36. The minimum atomic E-state index is 0.708. The van der Waals surface area contributed by atoms with Crippen LogP contribution < -0.4 is 9.47 Å². The molecule has 0 saturated heterocycles. The Morgan fingerprint density at radius 2 is 1.88 bits per heavy atom. The van der Waals surface area contributed by atoms with E-state index < -0.39 is 0 Å². The number of methoxy groups -OCH3 is 2. The second-order valence-corrected chi connectivity index (χ2v) is 7.28. The number of ether oxygens (including phenoxy) is 2. The van der Waals surface area contributed by atoms with Gasteiger partial charge in [0, 0.05) is 23.5 Å². The molecule has 4 nitrogen and oxygen atoms in total. The van der Waals surface area contributed by atoms with E-state index in [9.17, 15) is 0 Å². The monoisotopic (exact) mass is 388 g/mol. The summed E-state index contributed by atoms with van der Waals surface area (Å²) in [5.41, 5.74) is 3.16. The zero-order valence-electron chi connectivity index (χ0n) is 15.0. The Labute approximate surface area is 163 Å². The van der Waals surface area contributed by atoms with Crippen LogP contribution in [0.2, 0.25) is 5.02 Å². The predicted octanol–water partition coefficient (Wildman–Crippen LogP) is 5.11. The molecule has 0 aliphatic rings. The fourth-order valence-electron chi connectivity index (χ4n) is 2.84. The van der Waals surface area contributed by atoms with E-state index in [1.54, 1.807) is 25.6 Å². The molecule has 0 bridgehead atoms. The second-order valence-electron chi connectivity index (χ2n) is 5.99. The van der Waals surface area contributed by atoms with Crippen molar-refractivity contribution in [2.45, 2.75) is 13.1 Å². The summed E-state index contributed by atoms with van der Waals surface area (Å²) < 4.78 is 10.9. The molecule has 3 aromatic rings. The Morgan fingerprint density at radius 1 is 1.08 bits per heavy atom. The van der Waals surface area contributed by atoms with E-state index in [0.717, 1.165) is 34.4 Å². The number of halogens is 1. The van der Waals surface area contributed by atoms with Gasteiger partial charge in [-0.1, -0.05) is 29.8 Å². The molecule has 0 unspecified atom stereocenters. The van der Waals surface area contributed by atoms with E-state index in [0.29, 0.717) is 11.5 Å². The van der Waals surface area contributed by atoms with Crippen LogP contribution in [-0.2, 0) is 13.1 Å². The van der Waals surface area contributed by atoms with Crippen LogP contribution in [-0.4, -0.2) is 31.2 Å². The number of hydrogen-bond acceptors (Lipinski definition) is 5. The Hall–Kier alpha value is -2.08. The molecule has 26 heavy (non-hydrogen) atoms. The number of hydrogen-bond donors (Lipinski definition) is 0. The third-order valence-electron chi connectivity index (χ3n) is 3.96. The molecule has 0 spiro atoms. The van der Waals surface area contributed by atoms with Gasteiger partial charge in [0.2, 0.25) is 0 Å². The molecule has 0 fully saturated rings. The van der Waals surface area contributed by atoms with Crippen LogP contribution in [0.15, 0.2) is 47.8 Å². The molecule has 1 heterocycles. The fraction of sp³-hybridized carbons (Fsp3) is 0.250. The topological polar surface area (TPSA) is 34.6 Å². The lowest BCUT2D eigenvalue weighted by molar-refractivity contribution is 0.316. The molecular weight excluding hydrogens is 368 g/mol. The molecule has 2 aromatic carbocycles. The summed E-state index contributed by atoms with van der Waals surface area (Å²) in [6.45, 7) is 1.57. The number of benzene rings is 2. The first-order chi connectivity index (χ1) is 12.6. The molecule has 6 heteroatoms. The van der Waals surface area contributed by atoms with Crippen molar-refractivity contribution >= 4 is 22.9 Å². The van der Waals surface area contributed by atoms with Crippen LogP contribution in [0, 0.1) is 0 Å². The van der Waals surface area contributed by atoms with Gasteiger partial charge in [0.15, 0.2) is 11.5 Å². The van der Waals surface area contributed by atoms with Crippen molar-refractivity contribution in [1.82, 2.24) is 9.88 Å². The molecule has 3 rings (SSSR count). The van der Waals surface area contributed by atoms with E-state index in [2.05, 4.69) is 23.4 Å². The van der Waals surface area contributed by atoms with Crippen molar-refractivity contribution in [1.29, 1.82) is 0 Å². The van der Waals surface area contributed by atoms with Crippen LogP contribution in [0.5, 0.6) is 11.5 Å². The van der Waals surface area contributed by atoms with E-state index in [1.807, 2.05) is 36.4 Å². The third-order valence-corrected chi connectivity index (χ3v) is 5.12. The van der Waals surface area contributed by atoms with Crippen LogP contribution in [0.3, 0.4) is 0 Å². The maximum atomic E-state index is 6.06. The first-order valence-corrected chi connectivity index (χ1v) is 9.45. The molecule has 0 radical (unpaired) electrons. The second kappa shape index (κ2) is 8.54. The van der Waals surface area contributed by atoms with Crippen LogP contribution >= 0.6 is 22.9 Å². The van der Waals surface area contributed by atoms with Gasteiger partial charge in [-0.2, -0.15) is 0 Å². The lowest BCUT2D eigenvalue weighted by Crippen LogP contribution is -2.17. The highest BCUT2D eigenvalue weighted by Crippen LogP contribution is 2.39. The maximum absolute atomic E-state index is 6.06. The molecular formula is C20H21ClN2O2S. The molecule has 1 aromatic heterocycles. The van der Waals surface area contributed by atoms with Gasteiger partial charge in [-0.3, -0.25) is 4.90 Å². The van der Waals surface area contributed by atoms with Crippen LogP contribution in [0.4, 0.5) is 0 Å². The van der Waals surface area contributed by atoms with Gasteiger partial charge < -0.3 is 9.47 Å². The highest BCUT2D eigenvalue weighted by molar-refractivity contribution is 7.13. The number of thiazole rings is 1.